The number of aromatic nitrogens is 2. The van der Waals surface area contributed by atoms with Gasteiger partial charge in [-0.25, -0.2) is 22.6 Å². The van der Waals surface area contributed by atoms with Gasteiger partial charge in [-0.2, -0.15) is 9.29 Å². The maximum Gasteiger partial charge on any atom is 0.488 e. The van der Waals surface area contributed by atoms with Gasteiger partial charge in [0, 0.05) is 19.0 Å². The molecule has 170 valence electrons. The van der Waals surface area contributed by atoms with E-state index in [0.717, 1.165) is 0 Å². The number of nitrogens with zero attached hydrogens (tertiary/aromatic N) is 2. The number of nitrogen functional groups attached to an aromatic ring is 1. The van der Waals surface area contributed by atoms with E-state index in [9.17, 15) is 27.8 Å². The molecule has 0 amide bonds. The first kappa shape index (κ1) is 23.7. The highest BCUT2D eigenvalue weighted by Gasteiger charge is 2.61. The largest absolute Gasteiger partial charge is 0.488 e. The number of nitrogens with two attached hydrogens (primary N) is 1. The lowest BCUT2D eigenvalue weighted by atomic mass is 10.1. The number of phosphoric acid groups is 2. The third-order valence-electron chi connectivity index (χ3n) is 4.71. The smallest absolute Gasteiger partial charge is 0.383 e. The summed E-state index contributed by atoms with van der Waals surface area (Å²) >= 11 is 0. The molecule has 1 spiro atoms. The van der Waals surface area contributed by atoms with Crippen LogP contribution in [0.25, 0.3) is 0 Å². The van der Waals surface area contributed by atoms with E-state index >= 15 is 0 Å². The van der Waals surface area contributed by atoms with Crippen molar-refractivity contribution in [3.05, 3.63) is 22.7 Å². The Kier molecular flexibility index (Phi) is 6.20. The van der Waals surface area contributed by atoms with E-state index in [2.05, 4.69) is 13.6 Å². The summed E-state index contributed by atoms with van der Waals surface area (Å²) in [5.41, 5.74) is 4.08. The van der Waals surface area contributed by atoms with E-state index in [1.54, 1.807) is 0 Å². The van der Waals surface area contributed by atoms with Gasteiger partial charge >= 0.3 is 28.9 Å². The van der Waals surface area contributed by atoms with Crippen molar-refractivity contribution in [1.82, 2.24) is 9.55 Å². The second kappa shape index (κ2) is 7.86. The number of hydrogen-bond donors (Lipinski definition) is 5. The average molecular weight is 493 g/mol. The van der Waals surface area contributed by atoms with Gasteiger partial charge in [0.2, 0.25) is 5.91 Å². The Labute approximate surface area is 168 Å². The Morgan fingerprint density at radius 1 is 1.33 bits per heavy atom. The van der Waals surface area contributed by atoms with Crippen LogP contribution in [0.2, 0.25) is 0 Å². The van der Waals surface area contributed by atoms with Crippen molar-refractivity contribution < 1.29 is 51.0 Å². The molecule has 14 nitrogen and oxygen atoms in total. The lowest BCUT2D eigenvalue weighted by molar-refractivity contribution is 0.00739. The summed E-state index contributed by atoms with van der Waals surface area (Å²) in [6, 6.07) is 1.07. The molecule has 6 N–H and O–H groups in total. The highest BCUT2D eigenvalue weighted by Crippen LogP contribution is 2.68. The quantitative estimate of drug-likeness (QED) is 0.316. The zero-order valence-electron chi connectivity index (χ0n) is 15.1. The third-order valence-corrected chi connectivity index (χ3v) is 9.06. The van der Waals surface area contributed by atoms with Crippen LogP contribution in [0, 0.1) is 0 Å². The molecule has 0 aromatic carbocycles. The van der Waals surface area contributed by atoms with Gasteiger partial charge in [-0.05, 0) is 18.9 Å². The predicted octanol–water partition coefficient (Wildman–Crippen LogP) is 0.785. The monoisotopic (exact) mass is 493 g/mol. The summed E-state index contributed by atoms with van der Waals surface area (Å²) in [6.45, 7) is 0. The molecule has 6 atom stereocenters. The normalized spacial score (nSPS) is 31.2. The van der Waals surface area contributed by atoms with Gasteiger partial charge in [0.25, 0.3) is 0 Å². The minimum absolute atomic E-state index is 0.0547. The Morgan fingerprint density at radius 3 is 2.60 bits per heavy atom. The van der Waals surface area contributed by atoms with Crippen LogP contribution in [0.1, 0.15) is 31.7 Å². The second-order valence-corrected chi connectivity index (χ2v) is 11.9. The standard InChI is InChI=1S/C12H19FN3O11P3/c13-9(28(18,19)26-30(23,24)27-29(20,21)22)5-7-1-3-12(25-7)6-8(12)16-4-2-10(14)15-11(16)17/h2,4,7-9H,1,3,5-6H2,(H,18,19)(H,23,24)(H2,14,15,17)(H2,20,21,22). The molecule has 18 heteroatoms. The van der Waals surface area contributed by atoms with Crippen molar-refractivity contribution >= 4 is 29.1 Å². The molecule has 30 heavy (non-hydrogen) atoms. The molecule has 1 saturated heterocycles. The van der Waals surface area contributed by atoms with Crippen LogP contribution in [0.15, 0.2) is 17.1 Å². The van der Waals surface area contributed by atoms with Gasteiger partial charge in [-0.15, -0.1) is 0 Å². The zero-order chi connectivity index (χ0) is 22.5. The Morgan fingerprint density at radius 2 is 2.00 bits per heavy atom. The van der Waals surface area contributed by atoms with Gasteiger partial charge in [0.05, 0.1) is 17.7 Å². The molecule has 1 aromatic heterocycles. The van der Waals surface area contributed by atoms with Gasteiger partial charge in [-0.3, -0.25) is 9.13 Å². The van der Waals surface area contributed by atoms with E-state index in [1.807, 2.05) is 0 Å². The van der Waals surface area contributed by atoms with E-state index in [1.165, 1.54) is 16.8 Å². The molecule has 2 aliphatic rings. The summed E-state index contributed by atoms with van der Waals surface area (Å²) < 4.78 is 62.5. The third kappa shape index (κ3) is 5.43. The summed E-state index contributed by atoms with van der Waals surface area (Å²) in [7, 11) is -16.7. The number of halogens is 1. The van der Waals surface area contributed by atoms with Crippen LogP contribution in [-0.4, -0.2) is 46.7 Å². The van der Waals surface area contributed by atoms with E-state index < -0.39 is 53.0 Å². The fourth-order valence-corrected chi connectivity index (χ4v) is 6.95. The fourth-order valence-electron chi connectivity index (χ4n) is 3.40. The van der Waals surface area contributed by atoms with Crippen molar-refractivity contribution in [3.63, 3.8) is 0 Å². The Bertz CT molecular complexity index is 1030. The lowest BCUT2D eigenvalue weighted by Gasteiger charge is -2.21. The van der Waals surface area contributed by atoms with Gasteiger partial charge < -0.3 is 30.0 Å². The molecule has 1 saturated carbocycles. The second-order valence-electron chi connectivity index (χ2n) is 6.96. The fraction of sp³-hybridized carbons (Fsp3) is 0.667. The lowest BCUT2D eigenvalue weighted by Crippen LogP contribution is -2.27. The molecule has 0 radical (unpaired) electrons. The van der Waals surface area contributed by atoms with Gasteiger partial charge in [0.1, 0.15) is 5.82 Å². The Balaban J connectivity index is 1.60. The molecular weight excluding hydrogens is 474 g/mol. The molecule has 3 rings (SSSR count). The molecule has 1 aliphatic heterocycles. The van der Waals surface area contributed by atoms with Crippen molar-refractivity contribution in [2.45, 2.75) is 49.3 Å². The number of alkyl halides is 1. The van der Waals surface area contributed by atoms with Crippen LogP contribution in [0.4, 0.5) is 10.2 Å². The number of ether oxygens (including phenoxy) is 1. The molecule has 1 aliphatic carbocycles. The first-order valence-corrected chi connectivity index (χ1v) is 13.1. The van der Waals surface area contributed by atoms with Crippen LogP contribution < -0.4 is 11.4 Å². The predicted molar refractivity (Wildman–Crippen MR) is 96.8 cm³/mol. The van der Waals surface area contributed by atoms with Gasteiger partial charge in [-0.1, -0.05) is 0 Å². The first-order valence-electron chi connectivity index (χ1n) is 8.43. The van der Waals surface area contributed by atoms with Crippen LogP contribution in [0.5, 0.6) is 0 Å². The summed E-state index contributed by atoms with van der Waals surface area (Å²) in [4.78, 5) is 51.3. The first-order chi connectivity index (χ1) is 13.6. The SMILES string of the molecule is Nc1ccn(C2CC23CCC(CC(F)P(=O)(O)OP(=O)(O)OP(=O)(O)O)O3)c(=O)n1. The topological polar surface area (TPSA) is 221 Å². The minimum atomic E-state index is -5.72. The molecule has 0 bridgehead atoms. The molecule has 6 unspecified atom stereocenters. The average Bonchev–Trinajstić information content (AvgIpc) is 3.06. The molecule has 2 heterocycles. The van der Waals surface area contributed by atoms with E-state index in [0.29, 0.717) is 12.8 Å². The van der Waals surface area contributed by atoms with Crippen molar-refractivity contribution in [1.29, 1.82) is 0 Å². The van der Waals surface area contributed by atoms with Crippen molar-refractivity contribution in [2.75, 3.05) is 5.73 Å². The van der Waals surface area contributed by atoms with Crippen LogP contribution in [0.3, 0.4) is 0 Å². The van der Waals surface area contributed by atoms with Crippen LogP contribution >= 0.6 is 23.2 Å². The minimum Gasteiger partial charge on any atom is -0.383 e. The number of anilines is 1. The van der Waals surface area contributed by atoms with Crippen LogP contribution in [-0.2, 0) is 27.1 Å². The maximum atomic E-state index is 14.3. The van der Waals surface area contributed by atoms with E-state index in [-0.39, 0.29) is 18.3 Å². The zero-order valence-corrected chi connectivity index (χ0v) is 17.7. The number of rotatable bonds is 8. The molecular formula is C12H19FN3O11P3. The summed E-state index contributed by atoms with van der Waals surface area (Å²) in [6.07, 6.45) is 1.00. The van der Waals surface area contributed by atoms with Crippen molar-refractivity contribution in [2.24, 2.45) is 0 Å². The maximum absolute atomic E-state index is 14.3. The van der Waals surface area contributed by atoms with E-state index in [4.69, 9.17) is 25.2 Å². The van der Waals surface area contributed by atoms with Gasteiger partial charge in [0.15, 0.2) is 0 Å². The molecule has 2 fully saturated rings. The summed E-state index contributed by atoms with van der Waals surface area (Å²) in [5.74, 6) is -2.64. The highest BCUT2D eigenvalue weighted by molar-refractivity contribution is 7.68. The number of hydrogen-bond acceptors (Lipinski definition) is 9. The summed E-state index contributed by atoms with van der Waals surface area (Å²) in [5, 5.41) is 0. The molecule has 1 aromatic rings. The van der Waals surface area contributed by atoms with Crippen molar-refractivity contribution in [3.8, 4) is 0 Å². The highest BCUT2D eigenvalue weighted by atomic mass is 31.3. The Hall–Kier alpha value is -0.980.